The summed E-state index contributed by atoms with van der Waals surface area (Å²) in [6.45, 7) is 2.44. The molecule has 0 unspecified atom stereocenters. The summed E-state index contributed by atoms with van der Waals surface area (Å²) in [6.07, 6.45) is 0. The second-order valence-electron chi connectivity index (χ2n) is 3.13. The van der Waals surface area contributed by atoms with Crippen molar-refractivity contribution in [3.63, 3.8) is 0 Å². The first kappa shape index (κ1) is 11.4. The fourth-order valence-corrected chi connectivity index (χ4v) is 1.18. The number of hydrogen-bond acceptors (Lipinski definition) is 4. The molecule has 1 rings (SSSR count). The minimum absolute atomic E-state index is 0.0981. The third-order valence-electron chi connectivity index (χ3n) is 1.89. The number of carbonyl (C=O) groups excluding carboxylic acids is 2. The van der Waals surface area contributed by atoms with Gasteiger partial charge in [0, 0.05) is 18.1 Å². The smallest absolute Gasteiger partial charge is 0.308 e. The van der Waals surface area contributed by atoms with Crippen LogP contribution in [0.25, 0.3) is 0 Å². The Labute approximate surface area is 87.5 Å². The van der Waals surface area contributed by atoms with Gasteiger partial charge in [-0.15, -0.1) is 0 Å². The standard InChI is InChI=1S/C11H12O4/c1-7(13)9-3-4-11(15-8(2)14)10(5-9)6-12/h3-5,12H,6H2,1-2H3. The van der Waals surface area contributed by atoms with Crippen LogP contribution in [0.1, 0.15) is 29.8 Å². The molecule has 0 heterocycles. The van der Waals surface area contributed by atoms with Crippen molar-refractivity contribution in [1.29, 1.82) is 0 Å². The normalized spacial score (nSPS) is 9.80. The van der Waals surface area contributed by atoms with E-state index in [1.165, 1.54) is 26.0 Å². The van der Waals surface area contributed by atoms with Gasteiger partial charge in [-0.25, -0.2) is 0 Å². The number of esters is 1. The number of aliphatic hydroxyl groups excluding tert-OH is 1. The van der Waals surface area contributed by atoms with Crippen LogP contribution < -0.4 is 4.74 Å². The van der Waals surface area contributed by atoms with Crippen LogP contribution in [-0.4, -0.2) is 16.9 Å². The van der Waals surface area contributed by atoms with Gasteiger partial charge < -0.3 is 9.84 Å². The van der Waals surface area contributed by atoms with Gasteiger partial charge in [0.05, 0.1) is 6.61 Å². The van der Waals surface area contributed by atoms with E-state index >= 15 is 0 Å². The van der Waals surface area contributed by atoms with Crippen LogP contribution in [0.5, 0.6) is 5.75 Å². The molecule has 0 saturated carbocycles. The summed E-state index contributed by atoms with van der Waals surface area (Å²) in [5.41, 5.74) is 0.910. The number of hydrogen-bond donors (Lipinski definition) is 1. The van der Waals surface area contributed by atoms with E-state index in [0.29, 0.717) is 11.1 Å². The summed E-state index contributed by atoms with van der Waals surface area (Å²) in [5, 5.41) is 9.03. The Morgan fingerprint density at radius 2 is 2.00 bits per heavy atom. The lowest BCUT2D eigenvalue weighted by Crippen LogP contribution is -2.05. The van der Waals surface area contributed by atoms with Crippen molar-refractivity contribution in [3.8, 4) is 5.75 Å². The molecular formula is C11H12O4. The molecule has 0 aliphatic rings. The molecule has 1 aromatic carbocycles. The van der Waals surface area contributed by atoms with E-state index in [1.807, 2.05) is 0 Å². The number of Topliss-reactive ketones (excluding diaryl/α,β-unsaturated/α-hetero) is 1. The predicted molar refractivity (Wildman–Crippen MR) is 53.7 cm³/mol. The van der Waals surface area contributed by atoms with E-state index in [-0.39, 0.29) is 18.1 Å². The fraction of sp³-hybridized carbons (Fsp3) is 0.273. The quantitative estimate of drug-likeness (QED) is 0.462. The molecule has 0 spiro atoms. The third kappa shape index (κ3) is 2.89. The number of carbonyl (C=O) groups is 2. The number of ether oxygens (including phenoxy) is 1. The van der Waals surface area contributed by atoms with Crippen molar-refractivity contribution in [2.45, 2.75) is 20.5 Å². The van der Waals surface area contributed by atoms with Crippen molar-refractivity contribution < 1.29 is 19.4 Å². The topological polar surface area (TPSA) is 63.6 Å². The Morgan fingerprint density at radius 1 is 1.33 bits per heavy atom. The zero-order valence-electron chi connectivity index (χ0n) is 8.61. The summed E-state index contributed by atoms with van der Waals surface area (Å²) in [4.78, 5) is 21.8. The molecule has 80 valence electrons. The third-order valence-corrected chi connectivity index (χ3v) is 1.89. The van der Waals surface area contributed by atoms with Crippen LogP contribution in [0.4, 0.5) is 0 Å². The van der Waals surface area contributed by atoms with E-state index in [2.05, 4.69) is 0 Å². The van der Waals surface area contributed by atoms with Crippen molar-refractivity contribution in [3.05, 3.63) is 29.3 Å². The lowest BCUT2D eigenvalue weighted by Gasteiger charge is -2.07. The maximum atomic E-state index is 11.1. The fourth-order valence-electron chi connectivity index (χ4n) is 1.18. The molecule has 0 saturated heterocycles. The maximum absolute atomic E-state index is 11.1. The average molecular weight is 208 g/mol. The van der Waals surface area contributed by atoms with E-state index in [0.717, 1.165) is 0 Å². The Balaban J connectivity index is 3.08. The molecule has 0 aliphatic heterocycles. The number of aliphatic hydroxyl groups is 1. The molecule has 15 heavy (non-hydrogen) atoms. The molecule has 0 bridgehead atoms. The number of rotatable bonds is 3. The first-order chi connectivity index (χ1) is 7.04. The molecule has 0 radical (unpaired) electrons. The first-order valence-corrected chi connectivity index (χ1v) is 4.47. The van der Waals surface area contributed by atoms with Gasteiger partial charge >= 0.3 is 5.97 Å². The highest BCUT2D eigenvalue weighted by Crippen LogP contribution is 2.20. The summed E-state index contributed by atoms with van der Waals surface area (Å²) < 4.78 is 4.86. The molecule has 0 amide bonds. The molecule has 4 nitrogen and oxygen atoms in total. The number of benzene rings is 1. The van der Waals surface area contributed by atoms with Crippen molar-refractivity contribution in [2.75, 3.05) is 0 Å². The second-order valence-corrected chi connectivity index (χ2v) is 3.13. The van der Waals surface area contributed by atoms with Gasteiger partial charge in [0.15, 0.2) is 5.78 Å². The van der Waals surface area contributed by atoms with Crippen LogP contribution in [-0.2, 0) is 11.4 Å². The molecular weight excluding hydrogens is 196 g/mol. The minimum atomic E-state index is -0.458. The monoisotopic (exact) mass is 208 g/mol. The summed E-state index contributed by atoms with van der Waals surface area (Å²) in [5.74, 6) is -0.269. The maximum Gasteiger partial charge on any atom is 0.308 e. The lowest BCUT2D eigenvalue weighted by atomic mass is 10.1. The van der Waals surface area contributed by atoms with Crippen LogP contribution in [0, 0.1) is 0 Å². The molecule has 0 aliphatic carbocycles. The zero-order chi connectivity index (χ0) is 11.4. The molecule has 4 heteroatoms. The molecule has 0 fully saturated rings. The lowest BCUT2D eigenvalue weighted by molar-refractivity contribution is -0.131. The Hall–Kier alpha value is -1.68. The van der Waals surface area contributed by atoms with Crippen LogP contribution in [0.2, 0.25) is 0 Å². The Bertz CT molecular complexity index is 396. The highest BCUT2D eigenvalue weighted by atomic mass is 16.5. The van der Waals surface area contributed by atoms with Crippen LogP contribution in [0.15, 0.2) is 18.2 Å². The largest absolute Gasteiger partial charge is 0.426 e. The van der Waals surface area contributed by atoms with E-state index in [9.17, 15) is 9.59 Å². The number of ketones is 1. The molecule has 0 atom stereocenters. The van der Waals surface area contributed by atoms with Gasteiger partial charge in [-0.1, -0.05) is 0 Å². The van der Waals surface area contributed by atoms with E-state index in [4.69, 9.17) is 9.84 Å². The second kappa shape index (κ2) is 4.70. The van der Waals surface area contributed by atoms with Gasteiger partial charge in [0.2, 0.25) is 0 Å². The van der Waals surface area contributed by atoms with Gasteiger partial charge in [0.25, 0.3) is 0 Å². The van der Waals surface area contributed by atoms with Crippen molar-refractivity contribution in [2.24, 2.45) is 0 Å². The molecule has 1 N–H and O–H groups in total. The Morgan fingerprint density at radius 3 is 2.47 bits per heavy atom. The molecule has 0 aromatic heterocycles. The van der Waals surface area contributed by atoms with Crippen LogP contribution in [0.3, 0.4) is 0 Å². The van der Waals surface area contributed by atoms with Gasteiger partial charge in [0.1, 0.15) is 5.75 Å². The summed E-state index contributed by atoms with van der Waals surface area (Å²) in [6, 6.07) is 4.57. The summed E-state index contributed by atoms with van der Waals surface area (Å²) in [7, 11) is 0. The molecule has 1 aromatic rings. The van der Waals surface area contributed by atoms with Crippen molar-refractivity contribution >= 4 is 11.8 Å². The highest BCUT2D eigenvalue weighted by Gasteiger charge is 2.08. The summed E-state index contributed by atoms with van der Waals surface area (Å²) >= 11 is 0. The van der Waals surface area contributed by atoms with Crippen molar-refractivity contribution in [1.82, 2.24) is 0 Å². The Kier molecular flexibility index (Phi) is 3.57. The zero-order valence-corrected chi connectivity index (χ0v) is 8.61. The van der Waals surface area contributed by atoms with Gasteiger partial charge in [-0.2, -0.15) is 0 Å². The van der Waals surface area contributed by atoms with E-state index in [1.54, 1.807) is 6.07 Å². The SMILES string of the molecule is CC(=O)Oc1ccc(C(C)=O)cc1CO. The van der Waals surface area contributed by atoms with Gasteiger partial charge in [-0.05, 0) is 25.1 Å². The van der Waals surface area contributed by atoms with E-state index < -0.39 is 5.97 Å². The minimum Gasteiger partial charge on any atom is -0.426 e. The predicted octanol–water partition coefficient (Wildman–Crippen LogP) is 1.31. The highest BCUT2D eigenvalue weighted by molar-refractivity contribution is 5.94. The first-order valence-electron chi connectivity index (χ1n) is 4.47. The van der Waals surface area contributed by atoms with Crippen LogP contribution >= 0.6 is 0 Å². The van der Waals surface area contributed by atoms with Gasteiger partial charge in [-0.3, -0.25) is 9.59 Å². The average Bonchev–Trinajstić information content (AvgIpc) is 2.17.